The van der Waals surface area contributed by atoms with Crippen molar-refractivity contribution < 1.29 is 13.3 Å². The van der Waals surface area contributed by atoms with Gasteiger partial charge in [0, 0.05) is 47.5 Å². The molecule has 0 saturated carbocycles. The maximum Gasteiger partial charge on any atom is 0.158 e. The minimum absolute atomic E-state index is 0.202. The Morgan fingerprint density at radius 3 is 2.76 bits per heavy atom. The van der Waals surface area contributed by atoms with Crippen LogP contribution < -0.4 is 26.4 Å². The number of halogens is 2. The maximum atomic E-state index is 13.4. The van der Waals surface area contributed by atoms with Crippen LogP contribution in [0.2, 0.25) is 5.02 Å². The molecule has 0 amide bonds. The summed E-state index contributed by atoms with van der Waals surface area (Å²) < 4.78 is 30.2. The number of rotatable bonds is 18. The minimum atomic E-state index is -0.757. The van der Waals surface area contributed by atoms with Crippen LogP contribution in [0.15, 0.2) is 77.6 Å². The fourth-order valence-corrected chi connectivity index (χ4v) is 5.30. The quantitative estimate of drug-likeness (QED) is 0.0436. The van der Waals surface area contributed by atoms with E-state index in [4.69, 9.17) is 22.1 Å². The summed E-state index contributed by atoms with van der Waals surface area (Å²) in [5.41, 5.74) is 9.54. The highest BCUT2D eigenvalue weighted by Gasteiger charge is 2.11. The summed E-state index contributed by atoms with van der Waals surface area (Å²) in [5.74, 6) is 2.09. The first-order valence-electron chi connectivity index (χ1n) is 13.5. The standard InChI is InChI=1S/C30H38ClFN6O2S2/c1-3-22(8-5-4-6-13-34-20-35-14-15-42(2)39)19-41-30-28(33)29(36-21-37-30)38-25-11-12-27(26(31)17-25)40-18-23-9-7-10-24(32)16-23/h3-5,7,9-12,16-17,21,34-35H,6,8,13-15,18-20,33H2,1-2H3,(H,36,37,38)/b5-4-,22-3+. The molecule has 8 nitrogen and oxygen atoms in total. The number of hydrogen-bond donors (Lipinski definition) is 4. The third-order valence-electron chi connectivity index (χ3n) is 5.98. The molecule has 1 heterocycles. The minimum Gasteiger partial charge on any atom is -0.487 e. The summed E-state index contributed by atoms with van der Waals surface area (Å²) in [6.07, 6.45) is 11.5. The Kier molecular flexibility index (Phi) is 14.8. The summed E-state index contributed by atoms with van der Waals surface area (Å²) >= 11 is 8.00. The lowest BCUT2D eigenvalue weighted by Gasteiger charge is -2.13. The second kappa shape index (κ2) is 18.6. The van der Waals surface area contributed by atoms with Gasteiger partial charge in [0.2, 0.25) is 0 Å². The summed E-state index contributed by atoms with van der Waals surface area (Å²) in [6.45, 7) is 4.57. The van der Waals surface area contributed by atoms with E-state index in [-0.39, 0.29) is 12.4 Å². The highest BCUT2D eigenvalue weighted by Crippen LogP contribution is 2.33. The van der Waals surface area contributed by atoms with Crippen molar-refractivity contribution in [3.63, 3.8) is 0 Å². The molecule has 0 aliphatic carbocycles. The van der Waals surface area contributed by atoms with Gasteiger partial charge < -0.3 is 26.4 Å². The SMILES string of the molecule is C/C=C(\C/C=C\CCNCNCCS(C)=O)CSc1ncnc(Nc2ccc(OCc3cccc(F)c3)c(Cl)c2)c1N. The van der Waals surface area contributed by atoms with Crippen molar-refractivity contribution in [1.29, 1.82) is 0 Å². The molecule has 5 N–H and O–H groups in total. The fourth-order valence-electron chi connectivity index (χ4n) is 3.65. The smallest absolute Gasteiger partial charge is 0.158 e. The lowest BCUT2D eigenvalue weighted by atomic mass is 10.2. The van der Waals surface area contributed by atoms with Crippen LogP contribution in [-0.4, -0.2) is 51.7 Å². The Morgan fingerprint density at radius 1 is 1.17 bits per heavy atom. The molecule has 0 aliphatic heterocycles. The first kappa shape index (κ1) is 33.5. The molecule has 0 saturated heterocycles. The lowest BCUT2D eigenvalue weighted by molar-refractivity contribution is 0.306. The first-order valence-corrected chi connectivity index (χ1v) is 16.6. The van der Waals surface area contributed by atoms with Gasteiger partial charge in [-0.05, 0) is 62.2 Å². The van der Waals surface area contributed by atoms with E-state index in [0.29, 0.717) is 51.0 Å². The van der Waals surface area contributed by atoms with Gasteiger partial charge in [0.25, 0.3) is 0 Å². The monoisotopic (exact) mass is 632 g/mol. The molecular weight excluding hydrogens is 595 g/mol. The molecule has 0 aliphatic rings. The zero-order valence-corrected chi connectivity index (χ0v) is 26.3. The van der Waals surface area contributed by atoms with Crippen molar-refractivity contribution in [3.05, 3.63) is 89.0 Å². The predicted octanol–water partition coefficient (Wildman–Crippen LogP) is 6.06. The van der Waals surface area contributed by atoms with Gasteiger partial charge in [-0.1, -0.05) is 59.3 Å². The van der Waals surface area contributed by atoms with Gasteiger partial charge in [0.1, 0.15) is 35.2 Å². The number of thioether (sulfide) groups is 1. The number of anilines is 3. The molecule has 0 radical (unpaired) electrons. The molecular formula is C30H38ClFN6O2S2. The second-order valence-electron chi connectivity index (χ2n) is 9.28. The third-order valence-corrected chi connectivity index (χ3v) is 8.17. The number of hydrogen-bond acceptors (Lipinski definition) is 9. The fraction of sp³-hybridized carbons (Fsp3) is 0.333. The van der Waals surface area contributed by atoms with Gasteiger partial charge in [-0.15, -0.1) is 0 Å². The molecule has 0 fully saturated rings. The number of nitrogens with zero attached hydrogens (tertiary/aromatic N) is 2. The zero-order valence-electron chi connectivity index (χ0n) is 23.9. The van der Waals surface area contributed by atoms with Crippen LogP contribution in [-0.2, 0) is 17.4 Å². The van der Waals surface area contributed by atoms with E-state index in [9.17, 15) is 8.60 Å². The largest absolute Gasteiger partial charge is 0.487 e. The van der Waals surface area contributed by atoms with Crippen molar-refractivity contribution >= 4 is 51.4 Å². The molecule has 1 aromatic heterocycles. The van der Waals surface area contributed by atoms with Crippen molar-refractivity contribution in [2.75, 3.05) is 48.6 Å². The summed E-state index contributed by atoms with van der Waals surface area (Å²) in [4.78, 5) is 8.68. The van der Waals surface area contributed by atoms with Gasteiger partial charge in [0.15, 0.2) is 5.82 Å². The number of aromatic nitrogens is 2. The van der Waals surface area contributed by atoms with E-state index < -0.39 is 10.8 Å². The van der Waals surface area contributed by atoms with Crippen LogP contribution in [0.3, 0.4) is 0 Å². The van der Waals surface area contributed by atoms with Crippen molar-refractivity contribution in [1.82, 2.24) is 20.6 Å². The molecule has 3 aromatic rings. The van der Waals surface area contributed by atoms with Crippen LogP contribution in [0.1, 0.15) is 25.3 Å². The highest BCUT2D eigenvalue weighted by molar-refractivity contribution is 7.99. The van der Waals surface area contributed by atoms with Gasteiger partial charge in [-0.3, -0.25) is 4.21 Å². The Morgan fingerprint density at radius 2 is 2.00 bits per heavy atom. The molecule has 1 unspecified atom stereocenters. The molecule has 0 bridgehead atoms. The summed E-state index contributed by atoms with van der Waals surface area (Å²) in [6, 6.07) is 11.5. The van der Waals surface area contributed by atoms with Crippen LogP contribution in [0.5, 0.6) is 5.75 Å². The number of nitrogens with one attached hydrogen (secondary N) is 3. The number of nitrogens with two attached hydrogens (primary N) is 1. The molecule has 226 valence electrons. The summed E-state index contributed by atoms with van der Waals surface area (Å²) in [7, 11) is -0.757. The maximum absolute atomic E-state index is 13.4. The van der Waals surface area contributed by atoms with E-state index in [2.05, 4.69) is 44.1 Å². The second-order valence-corrected chi connectivity index (χ2v) is 12.2. The Hall–Kier alpha value is -2.96. The van der Waals surface area contributed by atoms with E-state index >= 15 is 0 Å². The van der Waals surface area contributed by atoms with Gasteiger partial charge in [-0.25, -0.2) is 14.4 Å². The number of benzene rings is 2. The van der Waals surface area contributed by atoms with Crippen LogP contribution in [0, 0.1) is 5.82 Å². The average molecular weight is 633 g/mol. The number of ether oxygens (including phenoxy) is 1. The lowest BCUT2D eigenvalue weighted by Crippen LogP contribution is -2.31. The van der Waals surface area contributed by atoms with Crippen molar-refractivity contribution in [2.45, 2.75) is 31.4 Å². The van der Waals surface area contributed by atoms with E-state index in [1.165, 1.54) is 24.0 Å². The third kappa shape index (κ3) is 12.1. The van der Waals surface area contributed by atoms with E-state index in [1.54, 1.807) is 42.3 Å². The van der Waals surface area contributed by atoms with Crippen LogP contribution >= 0.6 is 23.4 Å². The topological polar surface area (TPSA) is 114 Å². The van der Waals surface area contributed by atoms with Gasteiger partial charge in [0.05, 0.1) is 5.02 Å². The Labute approximate surface area is 259 Å². The molecule has 3 rings (SSSR count). The van der Waals surface area contributed by atoms with E-state index in [1.807, 2.05) is 13.0 Å². The normalized spacial score (nSPS) is 12.5. The Balaban J connectivity index is 1.45. The predicted molar refractivity (Wildman–Crippen MR) is 175 cm³/mol. The van der Waals surface area contributed by atoms with Crippen molar-refractivity contribution in [2.24, 2.45) is 0 Å². The molecule has 0 spiro atoms. The number of allylic oxidation sites excluding steroid dienone is 2. The number of nitrogen functional groups attached to an aromatic ring is 1. The highest BCUT2D eigenvalue weighted by atomic mass is 35.5. The van der Waals surface area contributed by atoms with Crippen LogP contribution in [0.25, 0.3) is 0 Å². The van der Waals surface area contributed by atoms with Crippen molar-refractivity contribution in [3.8, 4) is 5.75 Å². The average Bonchev–Trinajstić information content (AvgIpc) is 2.96. The molecule has 1 atom stereocenters. The van der Waals surface area contributed by atoms with Crippen LogP contribution in [0.4, 0.5) is 21.6 Å². The zero-order chi connectivity index (χ0) is 30.2. The van der Waals surface area contributed by atoms with E-state index in [0.717, 1.165) is 31.7 Å². The molecule has 42 heavy (non-hydrogen) atoms. The first-order chi connectivity index (χ1) is 20.4. The van der Waals surface area contributed by atoms with Gasteiger partial charge >= 0.3 is 0 Å². The van der Waals surface area contributed by atoms with Gasteiger partial charge in [-0.2, -0.15) is 0 Å². The Bertz CT molecular complexity index is 1380. The molecule has 2 aromatic carbocycles. The molecule has 12 heteroatoms. The summed E-state index contributed by atoms with van der Waals surface area (Å²) in [5, 5.41) is 10.8.